The van der Waals surface area contributed by atoms with Crippen LogP contribution in [0, 0.1) is 0 Å². The highest BCUT2D eigenvalue weighted by Crippen LogP contribution is 2.31. The van der Waals surface area contributed by atoms with E-state index in [-0.39, 0.29) is 16.9 Å². The molecule has 6 nitrogen and oxygen atoms in total. The Morgan fingerprint density at radius 3 is 2.54 bits per heavy atom. The van der Waals surface area contributed by atoms with Gasteiger partial charge in [-0.3, -0.25) is 9.59 Å². The van der Waals surface area contributed by atoms with Crippen molar-refractivity contribution in [1.29, 1.82) is 0 Å². The Labute approximate surface area is 153 Å². The van der Waals surface area contributed by atoms with Crippen molar-refractivity contribution in [3.63, 3.8) is 0 Å². The zero-order valence-corrected chi connectivity index (χ0v) is 15.8. The number of nitrogens with one attached hydrogen (secondary N) is 1. The molecule has 1 aromatic heterocycles. The zero-order valence-electron chi connectivity index (χ0n) is 13.3. The molecule has 2 aromatic rings. The minimum atomic E-state index is -0.397. The summed E-state index contributed by atoms with van der Waals surface area (Å²) in [5.74, 6) is -0.319. The lowest BCUT2D eigenvalue weighted by molar-refractivity contribution is -0.116. The number of primary amides is 1. The van der Waals surface area contributed by atoms with Crippen molar-refractivity contribution in [2.45, 2.75) is 34.2 Å². The molecule has 0 aliphatic rings. The number of anilines is 1. The summed E-state index contributed by atoms with van der Waals surface area (Å²) < 4.78 is 1.35. The van der Waals surface area contributed by atoms with Gasteiger partial charge in [0.15, 0.2) is 8.68 Å². The Morgan fingerprint density at radius 1 is 1.25 bits per heavy atom. The minimum Gasteiger partial charge on any atom is -0.369 e. The van der Waals surface area contributed by atoms with Gasteiger partial charge in [0, 0.05) is 5.69 Å². The molecule has 1 heterocycles. The quantitative estimate of drug-likeness (QED) is 0.681. The van der Waals surface area contributed by atoms with Crippen molar-refractivity contribution in [2.24, 2.45) is 5.73 Å². The third-order valence-electron chi connectivity index (χ3n) is 3.00. The summed E-state index contributed by atoms with van der Waals surface area (Å²) in [5.41, 5.74) is 7.10. The molecule has 0 saturated heterocycles. The average Bonchev–Trinajstić information content (AvgIpc) is 3.01. The molecule has 1 aromatic carbocycles. The molecule has 2 amide bonds. The molecule has 1 unspecified atom stereocenters. The van der Waals surface area contributed by atoms with E-state index in [1.807, 2.05) is 31.2 Å². The number of rotatable bonds is 8. The van der Waals surface area contributed by atoms with Gasteiger partial charge in [-0.1, -0.05) is 53.9 Å². The average molecular weight is 383 g/mol. The second-order valence-corrected chi connectivity index (χ2v) is 8.68. The van der Waals surface area contributed by atoms with E-state index in [0.717, 1.165) is 12.1 Å². The van der Waals surface area contributed by atoms with Crippen molar-refractivity contribution < 1.29 is 9.59 Å². The van der Waals surface area contributed by atoms with Gasteiger partial charge in [-0.2, -0.15) is 0 Å². The van der Waals surface area contributed by atoms with Gasteiger partial charge in [0.05, 0.1) is 11.0 Å². The number of amides is 2. The number of carbonyl (C=O) groups is 2. The Hall–Kier alpha value is -1.58. The predicted octanol–water partition coefficient (Wildman–Crippen LogP) is 2.80. The molecule has 9 heteroatoms. The maximum Gasteiger partial charge on any atom is 0.237 e. The van der Waals surface area contributed by atoms with Crippen LogP contribution in [0.4, 0.5) is 5.69 Å². The van der Waals surface area contributed by atoms with E-state index in [0.29, 0.717) is 8.68 Å². The molecule has 0 spiro atoms. The first-order chi connectivity index (χ1) is 11.5. The first-order valence-corrected chi connectivity index (χ1v) is 9.97. The summed E-state index contributed by atoms with van der Waals surface area (Å²) >= 11 is 3.93. The summed E-state index contributed by atoms with van der Waals surface area (Å²) in [6.45, 7) is 3.91. The number of aromatic nitrogens is 2. The molecule has 0 fully saturated rings. The number of hydrogen-bond donors (Lipinski definition) is 2. The van der Waals surface area contributed by atoms with Crippen LogP contribution in [-0.2, 0) is 16.0 Å². The highest BCUT2D eigenvalue weighted by molar-refractivity contribution is 8.04. The van der Waals surface area contributed by atoms with Crippen LogP contribution in [0.1, 0.15) is 19.4 Å². The Kier molecular flexibility index (Phi) is 7.07. The van der Waals surface area contributed by atoms with E-state index < -0.39 is 5.91 Å². The van der Waals surface area contributed by atoms with Crippen molar-refractivity contribution in [3.05, 3.63) is 29.8 Å². The van der Waals surface area contributed by atoms with Gasteiger partial charge in [-0.05, 0) is 31.0 Å². The van der Waals surface area contributed by atoms with Crippen LogP contribution in [0.3, 0.4) is 0 Å². The van der Waals surface area contributed by atoms with Gasteiger partial charge in [-0.15, -0.1) is 10.2 Å². The molecule has 24 heavy (non-hydrogen) atoms. The second kappa shape index (κ2) is 9.05. The van der Waals surface area contributed by atoms with E-state index in [1.165, 1.54) is 40.4 Å². The topological polar surface area (TPSA) is 98.0 Å². The monoisotopic (exact) mass is 382 g/mol. The van der Waals surface area contributed by atoms with Gasteiger partial charge in [0.1, 0.15) is 0 Å². The largest absolute Gasteiger partial charge is 0.369 e. The van der Waals surface area contributed by atoms with E-state index in [4.69, 9.17) is 5.73 Å². The maximum absolute atomic E-state index is 12.3. The van der Waals surface area contributed by atoms with Crippen molar-refractivity contribution >= 4 is 52.4 Å². The number of carbonyl (C=O) groups excluding carboxylic acids is 2. The van der Waals surface area contributed by atoms with Crippen LogP contribution in [0.5, 0.6) is 0 Å². The number of nitrogens with zero attached hydrogens (tertiary/aromatic N) is 2. The highest BCUT2D eigenvalue weighted by Gasteiger charge is 2.17. The summed E-state index contributed by atoms with van der Waals surface area (Å²) in [6.07, 6.45) is 0.966. The lowest BCUT2D eigenvalue weighted by Gasteiger charge is -2.10. The van der Waals surface area contributed by atoms with Gasteiger partial charge >= 0.3 is 0 Å². The molecule has 1 atom stereocenters. The Balaban J connectivity index is 1.87. The van der Waals surface area contributed by atoms with Crippen LogP contribution in [0.2, 0.25) is 0 Å². The van der Waals surface area contributed by atoms with Crippen LogP contribution < -0.4 is 11.1 Å². The summed E-state index contributed by atoms with van der Waals surface area (Å²) in [7, 11) is 0. The molecule has 128 valence electrons. The second-order valence-electron chi connectivity index (χ2n) is 4.89. The summed E-state index contributed by atoms with van der Waals surface area (Å²) in [5, 5.41) is 10.6. The van der Waals surface area contributed by atoms with Crippen molar-refractivity contribution in [2.75, 3.05) is 11.1 Å². The molecule has 0 bridgehead atoms. The highest BCUT2D eigenvalue weighted by atomic mass is 32.2. The van der Waals surface area contributed by atoms with Crippen LogP contribution in [0.15, 0.2) is 32.9 Å². The standard InChI is InChI=1S/C15H18N4O2S3/c1-3-10-4-6-11(7-5-10)17-13(21)9(2)23-15-19-18-14(24-15)22-8-12(16)20/h4-7,9H,3,8H2,1-2H3,(H2,16,20)(H,17,21). The third-order valence-corrected chi connectivity index (χ3v) is 6.27. The number of benzene rings is 1. The van der Waals surface area contributed by atoms with Gasteiger partial charge in [0.25, 0.3) is 0 Å². The fraction of sp³-hybridized carbons (Fsp3) is 0.333. The summed E-state index contributed by atoms with van der Waals surface area (Å²) in [6, 6.07) is 7.80. The van der Waals surface area contributed by atoms with Crippen LogP contribution in [0.25, 0.3) is 0 Å². The normalized spacial score (nSPS) is 11.9. The van der Waals surface area contributed by atoms with Crippen molar-refractivity contribution in [3.8, 4) is 0 Å². The lowest BCUT2D eigenvalue weighted by Crippen LogP contribution is -2.22. The van der Waals surface area contributed by atoms with Gasteiger partial charge < -0.3 is 11.1 Å². The van der Waals surface area contributed by atoms with E-state index in [9.17, 15) is 9.59 Å². The third kappa shape index (κ3) is 5.81. The Morgan fingerprint density at radius 2 is 1.92 bits per heavy atom. The first-order valence-electron chi connectivity index (χ1n) is 7.29. The lowest BCUT2D eigenvalue weighted by atomic mass is 10.1. The maximum atomic E-state index is 12.3. The van der Waals surface area contributed by atoms with E-state index >= 15 is 0 Å². The number of aryl methyl sites for hydroxylation is 1. The molecular formula is C15H18N4O2S3. The molecule has 3 N–H and O–H groups in total. The number of nitrogens with two attached hydrogens (primary N) is 1. The molecule has 0 saturated carbocycles. The molecule has 2 rings (SSSR count). The SMILES string of the molecule is CCc1ccc(NC(=O)C(C)Sc2nnc(SCC(N)=O)s2)cc1. The fourth-order valence-corrected chi connectivity index (χ4v) is 4.61. The first kappa shape index (κ1) is 18.8. The number of thioether (sulfide) groups is 2. The van der Waals surface area contributed by atoms with Crippen molar-refractivity contribution in [1.82, 2.24) is 10.2 Å². The van der Waals surface area contributed by atoms with Gasteiger partial charge in [0.2, 0.25) is 11.8 Å². The number of hydrogen-bond acceptors (Lipinski definition) is 7. The predicted molar refractivity (Wildman–Crippen MR) is 99.6 cm³/mol. The molecule has 0 radical (unpaired) electrons. The van der Waals surface area contributed by atoms with Crippen LogP contribution >= 0.6 is 34.9 Å². The minimum absolute atomic E-state index is 0.0919. The Bertz CT molecular complexity index is 703. The molecule has 0 aliphatic carbocycles. The van der Waals surface area contributed by atoms with E-state index in [1.54, 1.807) is 0 Å². The zero-order chi connectivity index (χ0) is 17.5. The summed E-state index contributed by atoms with van der Waals surface area (Å²) in [4.78, 5) is 23.0. The molecular weight excluding hydrogens is 364 g/mol. The van der Waals surface area contributed by atoms with E-state index in [2.05, 4.69) is 22.4 Å². The van der Waals surface area contributed by atoms with Crippen LogP contribution in [-0.4, -0.2) is 33.0 Å². The van der Waals surface area contributed by atoms with Gasteiger partial charge in [-0.25, -0.2) is 0 Å². The smallest absolute Gasteiger partial charge is 0.237 e. The molecule has 0 aliphatic heterocycles. The fourth-order valence-electron chi connectivity index (χ4n) is 1.71.